The largest absolute Gasteiger partial charge is 0.354 e. The monoisotopic (exact) mass is 458 g/mol. The molecule has 0 radical (unpaired) electrons. The molecule has 176 valence electrons. The van der Waals surface area contributed by atoms with Crippen LogP contribution in [0.2, 0.25) is 0 Å². The van der Waals surface area contributed by atoms with Crippen LogP contribution < -0.4 is 16.0 Å². The molecule has 2 amide bonds. The molecule has 1 fully saturated rings. The highest BCUT2D eigenvalue weighted by molar-refractivity contribution is 5.74. The molecule has 7 heterocycles. The van der Waals surface area contributed by atoms with Crippen LogP contribution in [0.4, 0.5) is 22.2 Å². The van der Waals surface area contributed by atoms with Crippen LogP contribution in [0.5, 0.6) is 0 Å². The zero-order chi connectivity index (χ0) is 23.3. The number of amides is 2. The quantitative estimate of drug-likeness (QED) is 0.474. The van der Waals surface area contributed by atoms with E-state index >= 15 is 0 Å². The van der Waals surface area contributed by atoms with Crippen molar-refractivity contribution in [1.29, 1.82) is 0 Å². The molecule has 1 aromatic carbocycles. The Labute approximate surface area is 199 Å². The summed E-state index contributed by atoms with van der Waals surface area (Å²) in [6.07, 6.45) is 6.21. The van der Waals surface area contributed by atoms with Crippen molar-refractivity contribution in [1.82, 2.24) is 30.1 Å². The van der Waals surface area contributed by atoms with E-state index in [4.69, 9.17) is 0 Å². The number of anilines is 3. The minimum absolute atomic E-state index is 0.00916. The molecule has 3 aromatic rings. The number of benzene rings is 1. The lowest BCUT2D eigenvalue weighted by atomic mass is 10.1. The molecule has 2 aromatic heterocycles. The van der Waals surface area contributed by atoms with E-state index in [1.54, 1.807) is 6.20 Å². The Morgan fingerprint density at radius 1 is 0.912 bits per heavy atom. The summed E-state index contributed by atoms with van der Waals surface area (Å²) < 4.78 is 0. The summed E-state index contributed by atoms with van der Waals surface area (Å²) in [4.78, 5) is 30.3. The Balaban J connectivity index is 1.41. The number of carbonyl (C=O) groups is 1. The number of aromatic nitrogens is 3. The minimum atomic E-state index is 0.00916. The third-order valence-electron chi connectivity index (χ3n) is 6.45. The maximum atomic E-state index is 12.6. The Bertz CT molecular complexity index is 1130. The Kier molecular flexibility index (Phi) is 6.53. The van der Waals surface area contributed by atoms with Gasteiger partial charge in [0.05, 0.1) is 0 Å². The van der Waals surface area contributed by atoms with Gasteiger partial charge in [-0.15, -0.1) is 0 Å². The van der Waals surface area contributed by atoms with E-state index in [0.29, 0.717) is 19.0 Å². The average Bonchev–Trinajstić information content (AvgIpc) is 2.88. The summed E-state index contributed by atoms with van der Waals surface area (Å²) in [6, 6.07) is 12.7. The predicted molar refractivity (Wildman–Crippen MR) is 133 cm³/mol. The van der Waals surface area contributed by atoms with Crippen molar-refractivity contribution in [3.63, 3.8) is 0 Å². The number of carbonyl (C=O) groups excluding carboxylic acids is 1. The molecule has 0 aliphatic carbocycles. The van der Waals surface area contributed by atoms with Gasteiger partial charge in [0, 0.05) is 75.2 Å². The standard InChI is InChI=1S/C25H30N8O/c1-18-19-4-2-5-22(14-19)31-23-15-20(6-9-26-23)21-16-29-24(30-17-21)27-7-3-8-28-25(34)33-12-10-32(18)11-13-33/h2,4-6,9,14-18H,3,7-8,10-13H2,1H3,(H,26,31)(H,28,34)(H,27,29,30). The number of nitrogens with zero attached hydrogens (tertiary/aromatic N) is 5. The van der Waals surface area contributed by atoms with Crippen LogP contribution in [-0.4, -0.2) is 70.1 Å². The topological polar surface area (TPSA) is 98.3 Å². The highest BCUT2D eigenvalue weighted by Crippen LogP contribution is 2.27. The highest BCUT2D eigenvalue weighted by atomic mass is 16.2. The lowest BCUT2D eigenvalue weighted by Crippen LogP contribution is -2.52. The second-order valence-electron chi connectivity index (χ2n) is 8.69. The number of rotatable bonds is 0. The first kappa shape index (κ1) is 22.1. The van der Waals surface area contributed by atoms with Crippen LogP contribution in [0.3, 0.4) is 0 Å². The van der Waals surface area contributed by atoms with E-state index in [9.17, 15) is 4.79 Å². The molecule has 0 spiro atoms. The molecule has 9 heteroatoms. The summed E-state index contributed by atoms with van der Waals surface area (Å²) in [5.41, 5.74) is 4.14. The number of urea groups is 1. The summed E-state index contributed by atoms with van der Waals surface area (Å²) in [5, 5.41) is 9.69. The molecule has 5 aliphatic rings. The van der Waals surface area contributed by atoms with Gasteiger partial charge < -0.3 is 20.9 Å². The number of hydrogen-bond acceptors (Lipinski definition) is 7. The van der Waals surface area contributed by atoms with Crippen molar-refractivity contribution in [2.75, 3.05) is 49.9 Å². The van der Waals surface area contributed by atoms with E-state index in [1.807, 2.05) is 29.4 Å². The van der Waals surface area contributed by atoms with Crippen molar-refractivity contribution in [3.05, 3.63) is 60.6 Å². The number of pyridine rings is 1. The Morgan fingerprint density at radius 3 is 2.53 bits per heavy atom. The molecule has 8 rings (SSSR count). The highest BCUT2D eigenvalue weighted by Gasteiger charge is 2.24. The lowest BCUT2D eigenvalue weighted by Gasteiger charge is -2.38. The van der Waals surface area contributed by atoms with Crippen molar-refractivity contribution < 1.29 is 4.79 Å². The van der Waals surface area contributed by atoms with Crippen LogP contribution in [0.25, 0.3) is 11.1 Å². The van der Waals surface area contributed by atoms with Gasteiger partial charge in [0.15, 0.2) is 0 Å². The van der Waals surface area contributed by atoms with E-state index in [0.717, 1.165) is 55.2 Å². The minimum Gasteiger partial charge on any atom is -0.354 e. The zero-order valence-electron chi connectivity index (χ0n) is 19.4. The number of piperazine rings is 1. The SMILES string of the molecule is CC1c2cccc(c2)Nc2cc(ccn2)-c2cnc(nc2)NCCCNC(=O)N2CCN1CC2. The fraction of sp³-hybridized carbons (Fsp3) is 0.360. The van der Waals surface area contributed by atoms with Crippen LogP contribution in [0, 0.1) is 0 Å². The zero-order valence-corrected chi connectivity index (χ0v) is 19.4. The van der Waals surface area contributed by atoms with Gasteiger partial charge in [-0.1, -0.05) is 12.1 Å². The molecule has 9 nitrogen and oxygen atoms in total. The molecule has 1 unspecified atom stereocenters. The Morgan fingerprint density at radius 2 is 1.71 bits per heavy atom. The maximum absolute atomic E-state index is 12.6. The van der Waals surface area contributed by atoms with Crippen molar-refractivity contribution in [2.24, 2.45) is 0 Å². The maximum Gasteiger partial charge on any atom is 0.317 e. The molecule has 0 saturated carbocycles. The average molecular weight is 459 g/mol. The van der Waals surface area contributed by atoms with E-state index in [2.05, 4.69) is 67.0 Å². The van der Waals surface area contributed by atoms with Gasteiger partial charge in [-0.05, 0) is 48.7 Å². The number of hydrogen-bond donors (Lipinski definition) is 3. The van der Waals surface area contributed by atoms with Gasteiger partial charge in [0.2, 0.25) is 5.95 Å². The second-order valence-corrected chi connectivity index (χ2v) is 8.69. The van der Waals surface area contributed by atoms with E-state index in [-0.39, 0.29) is 12.1 Å². The molecular weight excluding hydrogens is 428 g/mol. The molecule has 3 N–H and O–H groups in total. The normalized spacial score (nSPS) is 21.0. The summed E-state index contributed by atoms with van der Waals surface area (Å²) in [5.74, 6) is 1.35. The fourth-order valence-electron chi connectivity index (χ4n) is 4.39. The summed E-state index contributed by atoms with van der Waals surface area (Å²) >= 11 is 0. The fourth-order valence-corrected chi connectivity index (χ4v) is 4.39. The van der Waals surface area contributed by atoms with Gasteiger partial charge in [0.1, 0.15) is 5.82 Å². The van der Waals surface area contributed by atoms with Gasteiger partial charge in [-0.2, -0.15) is 0 Å². The summed E-state index contributed by atoms with van der Waals surface area (Å²) in [7, 11) is 0. The van der Waals surface area contributed by atoms with Crippen molar-refractivity contribution >= 4 is 23.5 Å². The first-order valence-electron chi connectivity index (χ1n) is 11.8. The summed E-state index contributed by atoms with van der Waals surface area (Å²) in [6.45, 7) is 6.68. The van der Waals surface area contributed by atoms with E-state index in [1.165, 1.54) is 5.56 Å². The van der Waals surface area contributed by atoms with Gasteiger partial charge in [-0.25, -0.2) is 19.7 Å². The molecule has 8 bridgehead atoms. The molecular formula is C25H30N8O. The van der Waals surface area contributed by atoms with Crippen LogP contribution in [-0.2, 0) is 0 Å². The van der Waals surface area contributed by atoms with Crippen molar-refractivity contribution in [2.45, 2.75) is 19.4 Å². The van der Waals surface area contributed by atoms with Gasteiger partial charge in [0.25, 0.3) is 0 Å². The number of nitrogens with one attached hydrogen (secondary N) is 3. The van der Waals surface area contributed by atoms with Crippen molar-refractivity contribution in [3.8, 4) is 11.1 Å². The van der Waals surface area contributed by atoms with Crippen LogP contribution >= 0.6 is 0 Å². The van der Waals surface area contributed by atoms with Crippen LogP contribution in [0.1, 0.15) is 24.9 Å². The molecule has 5 aliphatic heterocycles. The molecule has 1 atom stereocenters. The second kappa shape index (κ2) is 10.0. The Hall–Kier alpha value is -3.72. The first-order valence-corrected chi connectivity index (χ1v) is 11.8. The van der Waals surface area contributed by atoms with Crippen LogP contribution in [0.15, 0.2) is 55.0 Å². The molecule has 34 heavy (non-hydrogen) atoms. The van der Waals surface area contributed by atoms with Gasteiger partial charge >= 0.3 is 6.03 Å². The van der Waals surface area contributed by atoms with Gasteiger partial charge in [-0.3, -0.25) is 4.90 Å². The third kappa shape index (κ3) is 5.09. The smallest absolute Gasteiger partial charge is 0.317 e. The first-order chi connectivity index (χ1) is 16.7. The molecule has 1 saturated heterocycles. The van der Waals surface area contributed by atoms with E-state index < -0.39 is 0 Å². The third-order valence-corrected chi connectivity index (χ3v) is 6.45. The lowest BCUT2D eigenvalue weighted by molar-refractivity contribution is 0.114. The predicted octanol–water partition coefficient (Wildman–Crippen LogP) is 3.49.